The summed E-state index contributed by atoms with van der Waals surface area (Å²) in [4.78, 5) is 0. The zero-order chi connectivity index (χ0) is 11.7. The first-order valence-electron chi connectivity index (χ1n) is 5.42. The Balaban J connectivity index is 2.72. The Hall–Kier alpha value is -0.410. The van der Waals surface area contributed by atoms with Crippen LogP contribution in [0.1, 0.15) is 25.6 Å². The highest BCUT2D eigenvalue weighted by atomic mass is 79.9. The third-order valence-electron chi connectivity index (χ3n) is 2.70. The van der Waals surface area contributed by atoms with Crippen LogP contribution >= 0.6 is 27.7 Å². The molecule has 0 bridgehead atoms. The van der Waals surface area contributed by atoms with Crippen LogP contribution in [0.2, 0.25) is 0 Å². The van der Waals surface area contributed by atoms with Crippen LogP contribution in [0.3, 0.4) is 0 Å². The lowest BCUT2D eigenvalue weighted by Gasteiger charge is -2.14. The molecule has 1 nitrogen and oxygen atoms in total. The number of halogens is 1. The van der Waals surface area contributed by atoms with E-state index in [1.807, 2.05) is 11.8 Å². The third-order valence-corrected chi connectivity index (χ3v) is 3.92. The molecule has 0 aliphatic carbocycles. The van der Waals surface area contributed by atoms with E-state index in [0.717, 1.165) is 5.75 Å². The predicted molar refractivity (Wildman–Crippen MR) is 77.2 cm³/mol. The molecule has 0 aliphatic heterocycles. The van der Waals surface area contributed by atoms with Gasteiger partial charge in [-0.2, -0.15) is 11.8 Å². The van der Waals surface area contributed by atoms with Crippen molar-refractivity contribution in [1.29, 1.82) is 0 Å². The van der Waals surface area contributed by atoms with Crippen molar-refractivity contribution >= 4 is 38.6 Å². The van der Waals surface area contributed by atoms with Gasteiger partial charge in [-0.3, -0.25) is 0 Å². The largest absolute Gasteiger partial charge is 0.340 e. The van der Waals surface area contributed by atoms with Gasteiger partial charge < -0.3 is 4.57 Å². The number of hydrogen-bond donors (Lipinski definition) is 0. The maximum atomic E-state index is 3.65. The van der Waals surface area contributed by atoms with E-state index in [4.69, 9.17) is 0 Å². The van der Waals surface area contributed by atoms with Crippen molar-refractivity contribution in [3.63, 3.8) is 0 Å². The van der Waals surface area contributed by atoms with Gasteiger partial charge >= 0.3 is 0 Å². The van der Waals surface area contributed by atoms with Crippen LogP contribution in [0.5, 0.6) is 0 Å². The van der Waals surface area contributed by atoms with Gasteiger partial charge in [-0.05, 0) is 48.2 Å². The van der Waals surface area contributed by atoms with Crippen molar-refractivity contribution in [3.05, 3.63) is 34.4 Å². The first kappa shape index (κ1) is 12.1. The van der Waals surface area contributed by atoms with Gasteiger partial charge in [0, 0.05) is 27.3 Å². The van der Waals surface area contributed by atoms with Crippen LogP contribution in [0.15, 0.2) is 28.7 Å². The molecule has 0 unspecified atom stereocenters. The Bertz CT molecular complexity index is 502. The Labute approximate surface area is 109 Å². The number of fused-ring (bicyclic) bond motifs is 1. The van der Waals surface area contributed by atoms with Gasteiger partial charge in [0.15, 0.2) is 0 Å². The van der Waals surface area contributed by atoms with Crippen LogP contribution < -0.4 is 0 Å². The summed E-state index contributed by atoms with van der Waals surface area (Å²) in [6, 6.07) is 9.20. The van der Waals surface area contributed by atoms with Crippen LogP contribution in [0.4, 0.5) is 0 Å². The van der Waals surface area contributed by atoms with Crippen LogP contribution in [-0.2, 0) is 5.75 Å². The molecule has 1 heterocycles. The molecule has 0 spiro atoms. The predicted octanol–water partition coefficient (Wildman–Crippen LogP) is 4.85. The van der Waals surface area contributed by atoms with Gasteiger partial charge in [-0.1, -0.05) is 12.1 Å². The third kappa shape index (κ3) is 2.03. The molecule has 86 valence electrons. The van der Waals surface area contributed by atoms with E-state index in [-0.39, 0.29) is 0 Å². The van der Waals surface area contributed by atoms with Crippen molar-refractivity contribution in [2.75, 3.05) is 6.26 Å². The molecule has 3 heteroatoms. The highest BCUT2D eigenvalue weighted by Crippen LogP contribution is 2.31. The zero-order valence-corrected chi connectivity index (χ0v) is 12.2. The van der Waals surface area contributed by atoms with E-state index in [9.17, 15) is 0 Å². The molecular formula is C13H16BrNS. The molecule has 0 radical (unpaired) electrons. The minimum Gasteiger partial charge on any atom is -0.340 e. The second-order valence-corrected chi connectivity index (χ2v) is 5.93. The molecule has 2 aromatic rings. The highest BCUT2D eigenvalue weighted by Gasteiger charge is 2.12. The normalized spacial score (nSPS) is 11.6. The van der Waals surface area contributed by atoms with Crippen LogP contribution in [-0.4, -0.2) is 10.8 Å². The molecular weight excluding hydrogens is 282 g/mol. The second kappa shape index (κ2) is 4.84. The van der Waals surface area contributed by atoms with Crippen LogP contribution in [0, 0.1) is 0 Å². The summed E-state index contributed by atoms with van der Waals surface area (Å²) in [6.07, 6.45) is 2.15. The Kier molecular flexibility index (Phi) is 3.65. The van der Waals surface area contributed by atoms with E-state index >= 15 is 0 Å². The molecule has 0 aliphatic rings. The molecule has 16 heavy (non-hydrogen) atoms. The fourth-order valence-corrected chi connectivity index (χ4v) is 3.23. The summed E-state index contributed by atoms with van der Waals surface area (Å²) in [7, 11) is 0. The highest BCUT2D eigenvalue weighted by molar-refractivity contribution is 9.10. The lowest BCUT2D eigenvalue weighted by molar-refractivity contribution is 0.605. The van der Waals surface area contributed by atoms with Crippen molar-refractivity contribution in [3.8, 4) is 0 Å². The number of para-hydroxylation sites is 1. The minimum atomic E-state index is 0.498. The summed E-state index contributed by atoms with van der Waals surface area (Å²) < 4.78 is 3.61. The maximum Gasteiger partial charge on any atom is 0.0629 e. The van der Waals surface area contributed by atoms with E-state index in [1.165, 1.54) is 21.1 Å². The number of nitrogens with zero attached hydrogens (tertiary/aromatic N) is 1. The van der Waals surface area contributed by atoms with E-state index in [0.29, 0.717) is 6.04 Å². The monoisotopic (exact) mass is 297 g/mol. The van der Waals surface area contributed by atoms with Gasteiger partial charge in [0.2, 0.25) is 0 Å². The zero-order valence-electron chi connectivity index (χ0n) is 9.83. The van der Waals surface area contributed by atoms with Gasteiger partial charge in [-0.15, -0.1) is 0 Å². The summed E-state index contributed by atoms with van der Waals surface area (Å²) in [5, 5.41) is 1.33. The first-order valence-corrected chi connectivity index (χ1v) is 7.61. The first-order chi connectivity index (χ1) is 7.65. The summed E-state index contributed by atoms with van der Waals surface area (Å²) in [6.45, 7) is 4.48. The standard InChI is InChI=1S/C13H16BrNS/c1-9(2)15-11(8-16-3)7-10-5-4-6-12(14)13(10)15/h4-7,9H,8H2,1-3H3. The SMILES string of the molecule is CSCc1cc2cccc(Br)c2n1C(C)C. The Morgan fingerprint density at radius 1 is 1.38 bits per heavy atom. The molecule has 0 amide bonds. The quantitative estimate of drug-likeness (QED) is 0.784. The molecule has 0 saturated heterocycles. The summed E-state index contributed by atoms with van der Waals surface area (Å²) in [5.41, 5.74) is 2.73. The number of hydrogen-bond acceptors (Lipinski definition) is 1. The topological polar surface area (TPSA) is 4.93 Å². The molecule has 2 rings (SSSR count). The minimum absolute atomic E-state index is 0.498. The lowest BCUT2D eigenvalue weighted by Crippen LogP contribution is -2.04. The van der Waals surface area contributed by atoms with Gasteiger partial charge in [0.1, 0.15) is 0 Å². The maximum absolute atomic E-state index is 3.65. The average Bonchev–Trinajstić information content (AvgIpc) is 2.58. The summed E-state index contributed by atoms with van der Waals surface area (Å²) in [5.74, 6) is 1.07. The van der Waals surface area contributed by atoms with Gasteiger partial charge in [0.25, 0.3) is 0 Å². The molecule has 0 saturated carbocycles. The number of rotatable bonds is 3. The molecule has 1 aromatic carbocycles. The van der Waals surface area contributed by atoms with E-state index < -0.39 is 0 Å². The fraction of sp³-hybridized carbons (Fsp3) is 0.385. The number of thioether (sulfide) groups is 1. The average molecular weight is 298 g/mol. The number of aromatic nitrogens is 1. The van der Waals surface area contributed by atoms with Gasteiger partial charge in [-0.25, -0.2) is 0 Å². The van der Waals surface area contributed by atoms with Crippen LogP contribution in [0.25, 0.3) is 10.9 Å². The van der Waals surface area contributed by atoms with Crippen molar-refractivity contribution < 1.29 is 0 Å². The van der Waals surface area contributed by atoms with Crippen molar-refractivity contribution in [1.82, 2.24) is 4.57 Å². The van der Waals surface area contributed by atoms with E-state index in [1.54, 1.807) is 0 Å². The van der Waals surface area contributed by atoms with Gasteiger partial charge in [0.05, 0.1) is 5.52 Å². The molecule has 0 atom stereocenters. The Morgan fingerprint density at radius 3 is 2.75 bits per heavy atom. The fourth-order valence-electron chi connectivity index (χ4n) is 2.14. The van der Waals surface area contributed by atoms with Crippen molar-refractivity contribution in [2.24, 2.45) is 0 Å². The second-order valence-electron chi connectivity index (χ2n) is 4.21. The molecule has 0 fully saturated rings. The molecule has 1 aromatic heterocycles. The van der Waals surface area contributed by atoms with Crippen molar-refractivity contribution in [2.45, 2.75) is 25.6 Å². The smallest absolute Gasteiger partial charge is 0.0629 e. The Morgan fingerprint density at radius 2 is 2.12 bits per heavy atom. The summed E-state index contributed by atoms with van der Waals surface area (Å²) >= 11 is 5.52. The van der Waals surface area contributed by atoms with E-state index in [2.05, 4.69) is 64.9 Å². The number of benzene rings is 1. The lowest BCUT2D eigenvalue weighted by atomic mass is 10.2. The molecule has 0 N–H and O–H groups in total.